The summed E-state index contributed by atoms with van der Waals surface area (Å²) >= 11 is 0. The van der Waals surface area contributed by atoms with Gasteiger partial charge in [-0.05, 0) is 6.54 Å². The van der Waals surface area contributed by atoms with E-state index in [9.17, 15) is 13.2 Å². The van der Waals surface area contributed by atoms with E-state index in [1.165, 1.54) is 0 Å². The summed E-state index contributed by atoms with van der Waals surface area (Å²) in [5, 5.41) is 10.5. The molecular formula is C7H10N2O4S. The van der Waals surface area contributed by atoms with Crippen molar-refractivity contribution in [3.05, 3.63) is 11.1 Å². The number of rotatable bonds is 4. The Balaban J connectivity index is 2.86. The van der Waals surface area contributed by atoms with Crippen LogP contribution in [0.25, 0.3) is 0 Å². The van der Waals surface area contributed by atoms with Gasteiger partial charge in [-0.3, -0.25) is 0 Å². The second kappa shape index (κ2) is 3.89. The minimum Gasteiger partial charge on any atom is -0.476 e. The predicted molar refractivity (Wildman–Crippen MR) is 50.6 cm³/mol. The lowest BCUT2D eigenvalue weighted by Gasteiger charge is -2.02. The van der Waals surface area contributed by atoms with Crippen molar-refractivity contribution < 1.29 is 18.3 Å². The first kappa shape index (κ1) is 10.9. The van der Waals surface area contributed by atoms with Crippen LogP contribution in [0.15, 0.2) is 16.1 Å². The highest BCUT2D eigenvalue weighted by Crippen LogP contribution is 2.16. The standard InChI is InChI=1S/C7H10N2O4S/c1-2-8-3-5-4-9-6(7(10)11)14(5,12)13/h4,8H,2-3H2,1H3,(H,10,11). The van der Waals surface area contributed by atoms with Crippen molar-refractivity contribution in [3.8, 4) is 0 Å². The highest BCUT2D eigenvalue weighted by atomic mass is 32.2. The number of likely N-dealkylation sites (N-methyl/N-ethyl adjacent to an activating group) is 1. The monoisotopic (exact) mass is 218 g/mol. The van der Waals surface area contributed by atoms with E-state index in [-0.39, 0.29) is 11.4 Å². The van der Waals surface area contributed by atoms with Crippen LogP contribution in [0, 0.1) is 0 Å². The van der Waals surface area contributed by atoms with Gasteiger partial charge in [0.25, 0.3) is 0 Å². The van der Waals surface area contributed by atoms with Gasteiger partial charge in [0.1, 0.15) is 0 Å². The summed E-state index contributed by atoms with van der Waals surface area (Å²) in [5.74, 6) is -1.52. The molecule has 0 aromatic heterocycles. The van der Waals surface area contributed by atoms with Crippen LogP contribution in [0.2, 0.25) is 0 Å². The number of carboxylic acid groups (broad SMARTS) is 1. The lowest BCUT2D eigenvalue weighted by molar-refractivity contribution is -0.129. The Morgan fingerprint density at radius 1 is 1.64 bits per heavy atom. The number of hydrogen-bond acceptors (Lipinski definition) is 5. The first-order chi connectivity index (χ1) is 6.50. The van der Waals surface area contributed by atoms with E-state index in [0.717, 1.165) is 6.20 Å². The third-order valence-electron chi connectivity index (χ3n) is 1.66. The van der Waals surface area contributed by atoms with Crippen LogP contribution < -0.4 is 5.32 Å². The third-order valence-corrected chi connectivity index (χ3v) is 3.39. The normalized spacial score (nSPS) is 18.9. The number of aliphatic imine (C=N–C) groups is 1. The van der Waals surface area contributed by atoms with E-state index in [4.69, 9.17) is 5.11 Å². The number of hydrogen-bond donors (Lipinski definition) is 2. The SMILES string of the molecule is CCNCC1=CN=C(C(=O)O)S1(=O)=O. The van der Waals surface area contributed by atoms with E-state index in [1.807, 2.05) is 6.92 Å². The fourth-order valence-corrected chi connectivity index (χ4v) is 2.11. The van der Waals surface area contributed by atoms with Crippen LogP contribution in [-0.2, 0) is 14.6 Å². The smallest absolute Gasteiger partial charge is 0.366 e. The summed E-state index contributed by atoms with van der Waals surface area (Å²) in [4.78, 5) is 13.8. The highest BCUT2D eigenvalue weighted by Gasteiger charge is 2.34. The zero-order valence-corrected chi connectivity index (χ0v) is 8.34. The van der Waals surface area contributed by atoms with Crippen molar-refractivity contribution in [1.29, 1.82) is 0 Å². The number of nitrogens with one attached hydrogen (secondary N) is 1. The van der Waals surface area contributed by atoms with Gasteiger partial charge in [-0.15, -0.1) is 0 Å². The van der Waals surface area contributed by atoms with Gasteiger partial charge >= 0.3 is 5.97 Å². The van der Waals surface area contributed by atoms with Crippen molar-refractivity contribution >= 4 is 20.9 Å². The molecule has 1 aliphatic rings. The van der Waals surface area contributed by atoms with Crippen molar-refractivity contribution in [2.75, 3.05) is 13.1 Å². The number of carboxylic acids is 1. The van der Waals surface area contributed by atoms with Gasteiger partial charge in [0.05, 0.1) is 4.91 Å². The molecule has 1 aliphatic heterocycles. The second-order valence-electron chi connectivity index (χ2n) is 2.62. The third kappa shape index (κ3) is 1.83. The average molecular weight is 218 g/mol. The first-order valence-electron chi connectivity index (χ1n) is 3.96. The molecule has 0 aliphatic carbocycles. The largest absolute Gasteiger partial charge is 0.476 e. The van der Waals surface area contributed by atoms with E-state index >= 15 is 0 Å². The molecule has 1 heterocycles. The van der Waals surface area contributed by atoms with Gasteiger partial charge in [-0.2, -0.15) is 0 Å². The topological polar surface area (TPSA) is 95.8 Å². The van der Waals surface area contributed by atoms with Crippen molar-refractivity contribution in [2.45, 2.75) is 6.92 Å². The summed E-state index contributed by atoms with van der Waals surface area (Å²) in [6.45, 7) is 2.54. The molecular weight excluding hydrogens is 208 g/mol. The quantitative estimate of drug-likeness (QED) is 0.653. The molecule has 14 heavy (non-hydrogen) atoms. The van der Waals surface area contributed by atoms with Crippen LogP contribution in [0.3, 0.4) is 0 Å². The molecule has 2 N–H and O–H groups in total. The van der Waals surface area contributed by atoms with Gasteiger partial charge in [-0.1, -0.05) is 6.92 Å². The summed E-state index contributed by atoms with van der Waals surface area (Å²) in [5.41, 5.74) is 0. The maximum absolute atomic E-state index is 11.4. The molecule has 0 bridgehead atoms. The molecule has 0 aromatic carbocycles. The Bertz CT molecular complexity index is 407. The minimum atomic E-state index is -3.85. The molecule has 0 atom stereocenters. The molecule has 6 nitrogen and oxygen atoms in total. The molecule has 0 unspecified atom stereocenters. The first-order valence-corrected chi connectivity index (χ1v) is 5.44. The number of carbonyl (C=O) groups is 1. The zero-order chi connectivity index (χ0) is 10.8. The second-order valence-corrected chi connectivity index (χ2v) is 4.54. The number of sulfone groups is 1. The summed E-state index contributed by atoms with van der Waals surface area (Å²) in [6.07, 6.45) is 1.07. The minimum absolute atomic E-state index is 0.00301. The van der Waals surface area contributed by atoms with E-state index in [2.05, 4.69) is 10.3 Å². The van der Waals surface area contributed by atoms with Crippen molar-refractivity contribution in [3.63, 3.8) is 0 Å². The molecule has 0 fully saturated rings. The van der Waals surface area contributed by atoms with Gasteiger partial charge in [0, 0.05) is 12.7 Å². The number of nitrogens with zero attached hydrogens (tertiary/aromatic N) is 1. The Labute approximate surface area is 81.3 Å². The fraction of sp³-hybridized carbons (Fsp3) is 0.429. The van der Waals surface area contributed by atoms with E-state index in [0.29, 0.717) is 6.54 Å². The molecule has 78 valence electrons. The molecule has 0 aromatic rings. The molecule has 0 radical (unpaired) electrons. The Morgan fingerprint density at radius 3 is 2.71 bits per heavy atom. The summed E-state index contributed by atoms with van der Waals surface area (Å²) in [6, 6.07) is 0. The van der Waals surface area contributed by atoms with Crippen molar-refractivity contribution in [2.24, 2.45) is 4.99 Å². The molecule has 7 heteroatoms. The molecule has 0 spiro atoms. The van der Waals surface area contributed by atoms with E-state index < -0.39 is 20.9 Å². The molecule has 0 saturated heterocycles. The van der Waals surface area contributed by atoms with Gasteiger partial charge in [0.15, 0.2) is 0 Å². The Morgan fingerprint density at radius 2 is 2.29 bits per heavy atom. The lowest BCUT2D eigenvalue weighted by atomic mass is 10.5. The summed E-state index contributed by atoms with van der Waals surface area (Å²) < 4.78 is 22.8. The van der Waals surface area contributed by atoms with Crippen LogP contribution in [0.4, 0.5) is 0 Å². The van der Waals surface area contributed by atoms with Gasteiger partial charge < -0.3 is 10.4 Å². The summed E-state index contributed by atoms with van der Waals surface area (Å²) in [7, 11) is -3.85. The van der Waals surface area contributed by atoms with Gasteiger partial charge in [-0.25, -0.2) is 18.2 Å². The fourth-order valence-electron chi connectivity index (χ4n) is 0.953. The predicted octanol–water partition coefficient (Wildman–Crippen LogP) is -0.651. The maximum atomic E-state index is 11.4. The average Bonchev–Trinajstić information content (AvgIpc) is 2.37. The van der Waals surface area contributed by atoms with E-state index in [1.54, 1.807) is 0 Å². The molecule has 0 saturated carbocycles. The lowest BCUT2D eigenvalue weighted by Crippen LogP contribution is -2.26. The maximum Gasteiger partial charge on any atom is 0.366 e. The zero-order valence-electron chi connectivity index (χ0n) is 7.52. The molecule has 1 rings (SSSR count). The van der Waals surface area contributed by atoms with Crippen LogP contribution >= 0.6 is 0 Å². The van der Waals surface area contributed by atoms with Crippen molar-refractivity contribution in [1.82, 2.24) is 5.32 Å². The Hall–Kier alpha value is -1.21. The van der Waals surface area contributed by atoms with Crippen LogP contribution in [0.1, 0.15) is 6.92 Å². The van der Waals surface area contributed by atoms with Crippen LogP contribution in [0.5, 0.6) is 0 Å². The highest BCUT2D eigenvalue weighted by molar-refractivity contribution is 8.11. The van der Waals surface area contributed by atoms with Crippen LogP contribution in [-0.4, -0.2) is 37.6 Å². The Kier molecular flexibility index (Phi) is 3.02. The number of aliphatic carboxylic acids is 1. The van der Waals surface area contributed by atoms with Gasteiger partial charge in [0.2, 0.25) is 14.9 Å². The molecule has 0 amide bonds.